The molecule has 32 heavy (non-hydrogen) atoms. The van der Waals surface area contributed by atoms with Crippen LogP contribution < -0.4 is 16.0 Å². The number of rotatable bonds is 9. The van der Waals surface area contributed by atoms with Crippen molar-refractivity contribution in [3.05, 3.63) is 83.2 Å². The van der Waals surface area contributed by atoms with Crippen LogP contribution in [0.1, 0.15) is 29.2 Å². The molecule has 0 atom stereocenters. The zero-order chi connectivity index (χ0) is 22.8. The molecule has 7 heteroatoms. The molecule has 2 aromatic carbocycles. The molecule has 0 fully saturated rings. The van der Waals surface area contributed by atoms with Crippen molar-refractivity contribution in [3.8, 4) is 0 Å². The van der Waals surface area contributed by atoms with E-state index in [1.807, 2.05) is 24.3 Å². The maximum atomic E-state index is 12.2. The van der Waals surface area contributed by atoms with Gasteiger partial charge in [-0.3, -0.25) is 9.48 Å². The Bertz CT molecular complexity index is 1020. The fourth-order valence-electron chi connectivity index (χ4n) is 3.54. The number of aryl methyl sites for hydroxylation is 2. The Morgan fingerprint density at radius 3 is 2.56 bits per heavy atom. The standard InChI is InChI=1S/C25H32N6O/c1-4-26-25(27-11-9-21-14-19(2)13-20(3)15-21)28-17-22-7-5-8-23(16-22)30-24(32)18-31-12-6-10-29-31/h5-8,10,12-16H,4,9,11,17-18H2,1-3H3,(H,30,32)(H2,26,27,28). The maximum absolute atomic E-state index is 12.2. The van der Waals surface area contributed by atoms with Crippen molar-refractivity contribution in [2.24, 2.45) is 4.99 Å². The van der Waals surface area contributed by atoms with Gasteiger partial charge in [-0.15, -0.1) is 0 Å². The molecule has 0 radical (unpaired) electrons. The largest absolute Gasteiger partial charge is 0.357 e. The lowest BCUT2D eigenvalue weighted by Gasteiger charge is -2.12. The lowest BCUT2D eigenvalue weighted by molar-refractivity contribution is -0.116. The van der Waals surface area contributed by atoms with E-state index in [-0.39, 0.29) is 12.5 Å². The van der Waals surface area contributed by atoms with Gasteiger partial charge in [0.1, 0.15) is 6.54 Å². The van der Waals surface area contributed by atoms with Crippen LogP contribution in [-0.4, -0.2) is 34.7 Å². The summed E-state index contributed by atoms with van der Waals surface area (Å²) in [7, 11) is 0. The summed E-state index contributed by atoms with van der Waals surface area (Å²) in [6.45, 7) is 8.60. The Balaban J connectivity index is 1.54. The minimum atomic E-state index is -0.115. The highest BCUT2D eigenvalue weighted by molar-refractivity contribution is 5.90. The van der Waals surface area contributed by atoms with Gasteiger partial charge >= 0.3 is 0 Å². The first-order valence-corrected chi connectivity index (χ1v) is 11.0. The number of carbonyl (C=O) groups is 1. The van der Waals surface area contributed by atoms with Crippen LogP contribution in [0.2, 0.25) is 0 Å². The number of nitrogens with zero attached hydrogens (tertiary/aromatic N) is 3. The molecule has 0 bridgehead atoms. The predicted octanol–water partition coefficient (Wildman–Crippen LogP) is 3.44. The molecule has 3 N–H and O–H groups in total. The van der Waals surface area contributed by atoms with Gasteiger partial charge in [0.05, 0.1) is 6.54 Å². The van der Waals surface area contributed by atoms with Crippen molar-refractivity contribution in [2.45, 2.75) is 40.3 Å². The van der Waals surface area contributed by atoms with E-state index in [1.54, 1.807) is 23.1 Å². The maximum Gasteiger partial charge on any atom is 0.246 e. The van der Waals surface area contributed by atoms with Crippen LogP contribution in [0.4, 0.5) is 5.69 Å². The summed E-state index contributed by atoms with van der Waals surface area (Å²) in [4.78, 5) is 16.9. The summed E-state index contributed by atoms with van der Waals surface area (Å²) >= 11 is 0. The molecule has 168 valence electrons. The van der Waals surface area contributed by atoms with Crippen LogP contribution in [0.3, 0.4) is 0 Å². The van der Waals surface area contributed by atoms with Crippen LogP contribution in [0, 0.1) is 13.8 Å². The molecular weight excluding hydrogens is 400 g/mol. The highest BCUT2D eigenvalue weighted by Gasteiger charge is 2.05. The van der Waals surface area contributed by atoms with Crippen LogP contribution >= 0.6 is 0 Å². The quantitative estimate of drug-likeness (QED) is 0.357. The SMILES string of the molecule is CCNC(=NCc1cccc(NC(=O)Cn2cccn2)c1)NCCc1cc(C)cc(C)c1. The third-order valence-corrected chi connectivity index (χ3v) is 4.83. The van der Waals surface area contributed by atoms with Gasteiger partial charge in [0.15, 0.2) is 5.96 Å². The molecule has 0 saturated carbocycles. The number of aromatic nitrogens is 2. The van der Waals surface area contributed by atoms with E-state index >= 15 is 0 Å². The van der Waals surface area contributed by atoms with Crippen molar-refractivity contribution in [2.75, 3.05) is 18.4 Å². The third kappa shape index (κ3) is 7.58. The van der Waals surface area contributed by atoms with Gasteiger partial charge in [-0.1, -0.05) is 41.5 Å². The van der Waals surface area contributed by atoms with E-state index in [1.165, 1.54) is 16.7 Å². The van der Waals surface area contributed by atoms with Gasteiger partial charge in [0, 0.05) is 31.2 Å². The third-order valence-electron chi connectivity index (χ3n) is 4.83. The molecule has 1 amide bonds. The molecular formula is C25H32N6O. The molecule has 1 aromatic heterocycles. The van der Waals surface area contributed by atoms with Crippen LogP contribution in [0.15, 0.2) is 65.9 Å². The van der Waals surface area contributed by atoms with Gasteiger partial charge in [0.25, 0.3) is 0 Å². The second kappa shape index (κ2) is 11.7. The number of benzene rings is 2. The summed E-state index contributed by atoms with van der Waals surface area (Å²) < 4.78 is 1.59. The van der Waals surface area contributed by atoms with Crippen molar-refractivity contribution in [1.29, 1.82) is 0 Å². The number of hydrogen-bond acceptors (Lipinski definition) is 3. The van der Waals surface area contributed by atoms with Crippen molar-refractivity contribution >= 4 is 17.6 Å². The summed E-state index contributed by atoms with van der Waals surface area (Å²) in [6, 6.07) is 16.2. The summed E-state index contributed by atoms with van der Waals surface area (Å²) in [5.74, 6) is 0.667. The predicted molar refractivity (Wildman–Crippen MR) is 130 cm³/mol. The number of aliphatic imine (C=N–C) groups is 1. The zero-order valence-corrected chi connectivity index (χ0v) is 19.1. The first-order chi connectivity index (χ1) is 15.5. The Kier molecular flexibility index (Phi) is 8.43. The van der Waals surface area contributed by atoms with E-state index in [0.717, 1.165) is 36.7 Å². The van der Waals surface area contributed by atoms with Crippen LogP contribution in [0.25, 0.3) is 0 Å². The highest BCUT2D eigenvalue weighted by atomic mass is 16.2. The fourth-order valence-corrected chi connectivity index (χ4v) is 3.54. The summed E-state index contributed by atoms with van der Waals surface area (Å²) in [5, 5.41) is 13.7. The molecule has 0 unspecified atom stereocenters. The van der Waals surface area contributed by atoms with Crippen molar-refractivity contribution in [3.63, 3.8) is 0 Å². The summed E-state index contributed by atoms with van der Waals surface area (Å²) in [5.41, 5.74) is 5.68. The average Bonchev–Trinajstić information content (AvgIpc) is 3.24. The normalized spacial score (nSPS) is 11.3. The number of carbonyl (C=O) groups excluding carboxylic acids is 1. The lowest BCUT2D eigenvalue weighted by atomic mass is 10.1. The van der Waals surface area contributed by atoms with Gasteiger partial charge in [-0.25, -0.2) is 4.99 Å². The molecule has 7 nitrogen and oxygen atoms in total. The number of nitrogens with one attached hydrogen (secondary N) is 3. The minimum Gasteiger partial charge on any atom is -0.357 e. The minimum absolute atomic E-state index is 0.115. The van der Waals surface area contributed by atoms with E-state index in [9.17, 15) is 4.79 Å². The lowest BCUT2D eigenvalue weighted by Crippen LogP contribution is -2.38. The first kappa shape index (κ1) is 23.1. The monoisotopic (exact) mass is 432 g/mol. The molecule has 3 aromatic rings. The number of anilines is 1. The topological polar surface area (TPSA) is 83.3 Å². The molecule has 0 saturated heterocycles. The second-order valence-corrected chi connectivity index (χ2v) is 7.82. The highest BCUT2D eigenvalue weighted by Crippen LogP contribution is 2.12. The molecule has 0 aliphatic rings. The number of guanidine groups is 1. The Morgan fingerprint density at radius 1 is 1.03 bits per heavy atom. The van der Waals surface area contributed by atoms with Crippen molar-refractivity contribution in [1.82, 2.24) is 20.4 Å². The average molecular weight is 433 g/mol. The molecule has 3 rings (SSSR count). The van der Waals surface area contributed by atoms with Crippen molar-refractivity contribution < 1.29 is 4.79 Å². The van der Waals surface area contributed by atoms with Crippen LogP contribution in [0.5, 0.6) is 0 Å². The number of hydrogen-bond donors (Lipinski definition) is 3. The zero-order valence-electron chi connectivity index (χ0n) is 19.1. The van der Waals surface area contributed by atoms with Gasteiger partial charge < -0.3 is 16.0 Å². The van der Waals surface area contributed by atoms with E-state index in [4.69, 9.17) is 4.99 Å². The summed E-state index contributed by atoms with van der Waals surface area (Å²) in [6.07, 6.45) is 4.36. The van der Waals surface area contributed by atoms with E-state index in [0.29, 0.717) is 6.54 Å². The first-order valence-electron chi connectivity index (χ1n) is 11.0. The Labute approximate surface area is 190 Å². The molecule has 1 heterocycles. The smallest absolute Gasteiger partial charge is 0.246 e. The Morgan fingerprint density at radius 2 is 1.84 bits per heavy atom. The second-order valence-electron chi connectivity index (χ2n) is 7.82. The Hall–Kier alpha value is -3.61. The van der Waals surface area contributed by atoms with E-state index < -0.39 is 0 Å². The van der Waals surface area contributed by atoms with Gasteiger partial charge in [0.2, 0.25) is 5.91 Å². The molecule has 0 spiro atoms. The molecule has 0 aliphatic heterocycles. The molecule has 0 aliphatic carbocycles. The fraction of sp³-hybridized carbons (Fsp3) is 0.320. The van der Waals surface area contributed by atoms with Gasteiger partial charge in [-0.05, 0) is 56.5 Å². The van der Waals surface area contributed by atoms with E-state index in [2.05, 4.69) is 60.0 Å². The van der Waals surface area contributed by atoms with Gasteiger partial charge in [-0.2, -0.15) is 5.10 Å². The number of amides is 1. The van der Waals surface area contributed by atoms with Crippen LogP contribution in [-0.2, 0) is 24.3 Å².